The maximum absolute atomic E-state index is 12.8. The fraction of sp³-hybridized carbons (Fsp3) is 0.176. The summed E-state index contributed by atoms with van der Waals surface area (Å²) in [7, 11) is 1.75. The molecule has 0 N–H and O–H groups in total. The highest BCUT2D eigenvalue weighted by Crippen LogP contribution is 2.31. The number of aromatic nitrogens is 1. The number of hydrogen-bond donors (Lipinski definition) is 0. The van der Waals surface area contributed by atoms with E-state index in [-0.39, 0.29) is 5.91 Å². The summed E-state index contributed by atoms with van der Waals surface area (Å²) >= 11 is 15.3. The summed E-state index contributed by atoms with van der Waals surface area (Å²) in [6.45, 7) is 2.25. The van der Waals surface area contributed by atoms with Gasteiger partial charge in [0.2, 0.25) is 0 Å². The van der Waals surface area contributed by atoms with E-state index in [4.69, 9.17) is 23.2 Å². The lowest BCUT2D eigenvalue weighted by Gasteiger charge is -2.17. The maximum Gasteiger partial charge on any atom is 0.265 e. The zero-order chi connectivity index (χ0) is 17.3. The van der Waals surface area contributed by atoms with Crippen LogP contribution >= 0.6 is 45.9 Å². The van der Waals surface area contributed by atoms with Gasteiger partial charge in [0, 0.05) is 24.5 Å². The van der Waals surface area contributed by atoms with Crippen LogP contribution in [0.15, 0.2) is 35.0 Å². The Morgan fingerprint density at radius 3 is 2.79 bits per heavy atom. The van der Waals surface area contributed by atoms with Crippen molar-refractivity contribution in [1.82, 2.24) is 9.88 Å². The number of aryl methyl sites for hydroxylation is 1. The fourth-order valence-corrected chi connectivity index (χ4v) is 4.43. The summed E-state index contributed by atoms with van der Waals surface area (Å²) < 4.78 is 0. The number of rotatable bonds is 4. The van der Waals surface area contributed by atoms with Gasteiger partial charge in [-0.2, -0.15) is 11.3 Å². The van der Waals surface area contributed by atoms with Crippen LogP contribution in [-0.2, 0) is 6.54 Å². The number of halogens is 2. The molecule has 3 nitrogen and oxygen atoms in total. The van der Waals surface area contributed by atoms with Gasteiger partial charge in [-0.05, 0) is 30.0 Å². The molecule has 0 fully saturated rings. The molecule has 0 aliphatic heterocycles. The number of carbonyl (C=O) groups excluding carboxylic acids is 1. The third-order valence-electron chi connectivity index (χ3n) is 3.54. The number of thiophene rings is 1. The number of hydrogen-bond acceptors (Lipinski definition) is 4. The Morgan fingerprint density at radius 1 is 1.29 bits per heavy atom. The Labute approximate surface area is 158 Å². The second kappa shape index (κ2) is 7.23. The van der Waals surface area contributed by atoms with Gasteiger partial charge in [0.05, 0.1) is 15.7 Å². The molecule has 0 unspecified atom stereocenters. The Morgan fingerprint density at radius 2 is 2.08 bits per heavy atom. The van der Waals surface area contributed by atoms with Crippen LogP contribution in [0.25, 0.3) is 10.6 Å². The van der Waals surface area contributed by atoms with Crippen LogP contribution in [-0.4, -0.2) is 22.8 Å². The molecule has 0 aliphatic rings. The van der Waals surface area contributed by atoms with Crippen molar-refractivity contribution in [3.05, 3.63) is 61.2 Å². The first-order valence-electron chi connectivity index (χ1n) is 7.15. The normalized spacial score (nSPS) is 10.8. The Bertz CT molecular complexity index is 875. The average molecular weight is 397 g/mol. The molecule has 0 radical (unpaired) electrons. The molecular formula is C17H14Cl2N2OS2. The number of nitrogens with zero attached hydrogens (tertiary/aromatic N) is 2. The highest BCUT2D eigenvalue weighted by Gasteiger charge is 2.20. The van der Waals surface area contributed by atoms with E-state index in [1.54, 1.807) is 29.4 Å². The molecule has 0 saturated carbocycles. The van der Waals surface area contributed by atoms with Crippen molar-refractivity contribution in [2.24, 2.45) is 0 Å². The SMILES string of the molecule is Cc1nc(-c2ccsc2)sc1C(=O)N(C)Cc1cccc(Cl)c1Cl. The van der Waals surface area contributed by atoms with Crippen LogP contribution in [0.4, 0.5) is 0 Å². The Kier molecular flexibility index (Phi) is 5.25. The zero-order valence-corrected chi connectivity index (χ0v) is 16.2. The summed E-state index contributed by atoms with van der Waals surface area (Å²) in [4.78, 5) is 19.6. The van der Waals surface area contributed by atoms with E-state index >= 15 is 0 Å². The van der Waals surface area contributed by atoms with Crippen LogP contribution in [0.2, 0.25) is 10.0 Å². The van der Waals surface area contributed by atoms with Gasteiger partial charge in [-0.25, -0.2) is 4.98 Å². The molecule has 1 aromatic carbocycles. The van der Waals surface area contributed by atoms with Gasteiger partial charge < -0.3 is 4.90 Å². The van der Waals surface area contributed by atoms with Gasteiger partial charge in [0.25, 0.3) is 5.91 Å². The number of amides is 1. The summed E-state index contributed by atoms with van der Waals surface area (Å²) in [5.74, 6) is -0.0671. The van der Waals surface area contributed by atoms with Crippen LogP contribution in [0.5, 0.6) is 0 Å². The molecule has 0 saturated heterocycles. The average Bonchev–Trinajstić information content (AvgIpc) is 3.20. The van der Waals surface area contributed by atoms with Crippen molar-refractivity contribution in [3.8, 4) is 10.6 Å². The quantitative estimate of drug-likeness (QED) is 0.561. The van der Waals surface area contributed by atoms with Crippen molar-refractivity contribution in [3.63, 3.8) is 0 Å². The molecule has 3 rings (SSSR count). The van der Waals surface area contributed by atoms with Crippen LogP contribution in [0, 0.1) is 6.92 Å². The predicted molar refractivity (Wildman–Crippen MR) is 102 cm³/mol. The van der Waals surface area contributed by atoms with Crippen molar-refractivity contribution < 1.29 is 4.79 Å². The molecule has 7 heteroatoms. The molecule has 24 heavy (non-hydrogen) atoms. The lowest BCUT2D eigenvalue weighted by molar-refractivity contribution is 0.0789. The summed E-state index contributed by atoms with van der Waals surface area (Å²) in [5, 5.41) is 5.87. The fourth-order valence-electron chi connectivity index (χ4n) is 2.28. The van der Waals surface area contributed by atoms with E-state index in [0.29, 0.717) is 21.5 Å². The van der Waals surface area contributed by atoms with Crippen molar-refractivity contribution in [2.75, 3.05) is 7.05 Å². The van der Waals surface area contributed by atoms with E-state index in [1.165, 1.54) is 11.3 Å². The van der Waals surface area contributed by atoms with Crippen LogP contribution in [0.3, 0.4) is 0 Å². The first-order chi connectivity index (χ1) is 11.5. The number of benzene rings is 1. The van der Waals surface area contributed by atoms with Gasteiger partial charge in [0.1, 0.15) is 9.88 Å². The Hall–Kier alpha value is -1.40. The molecule has 3 aromatic rings. The molecule has 1 amide bonds. The number of thiazole rings is 1. The third kappa shape index (κ3) is 3.49. The summed E-state index contributed by atoms with van der Waals surface area (Å²) in [6.07, 6.45) is 0. The topological polar surface area (TPSA) is 33.2 Å². The predicted octanol–water partition coefficient (Wildman–Crippen LogP) is 5.76. The molecule has 0 atom stereocenters. The highest BCUT2D eigenvalue weighted by molar-refractivity contribution is 7.17. The smallest absolute Gasteiger partial charge is 0.265 e. The monoisotopic (exact) mass is 396 g/mol. The van der Waals surface area contributed by atoms with Gasteiger partial charge >= 0.3 is 0 Å². The molecule has 2 heterocycles. The second-order valence-corrected chi connectivity index (χ2v) is 7.88. The molecule has 2 aromatic heterocycles. The highest BCUT2D eigenvalue weighted by atomic mass is 35.5. The zero-order valence-electron chi connectivity index (χ0n) is 13.0. The van der Waals surface area contributed by atoms with Crippen molar-refractivity contribution in [2.45, 2.75) is 13.5 Å². The van der Waals surface area contributed by atoms with E-state index in [9.17, 15) is 4.79 Å². The van der Waals surface area contributed by atoms with Crippen LogP contribution < -0.4 is 0 Å². The molecular weight excluding hydrogens is 383 g/mol. The lowest BCUT2D eigenvalue weighted by Crippen LogP contribution is -2.26. The second-order valence-electron chi connectivity index (χ2n) is 5.32. The van der Waals surface area contributed by atoms with Gasteiger partial charge in [0.15, 0.2) is 0 Å². The largest absolute Gasteiger partial charge is 0.337 e. The van der Waals surface area contributed by atoms with Crippen molar-refractivity contribution >= 4 is 51.8 Å². The third-order valence-corrected chi connectivity index (χ3v) is 6.28. The van der Waals surface area contributed by atoms with Gasteiger partial charge in [-0.15, -0.1) is 11.3 Å². The van der Waals surface area contributed by atoms with E-state index in [2.05, 4.69) is 4.98 Å². The first kappa shape index (κ1) is 17.4. The minimum absolute atomic E-state index is 0.0671. The van der Waals surface area contributed by atoms with Gasteiger partial charge in [-0.1, -0.05) is 35.3 Å². The number of carbonyl (C=O) groups is 1. The molecule has 0 spiro atoms. The maximum atomic E-state index is 12.8. The van der Waals surface area contributed by atoms with Gasteiger partial charge in [-0.3, -0.25) is 4.79 Å². The molecule has 0 bridgehead atoms. The van der Waals surface area contributed by atoms with E-state index in [1.807, 2.05) is 35.9 Å². The molecule has 124 valence electrons. The standard InChI is InChI=1S/C17H14Cl2N2OS2/c1-10-15(24-16(20-10)12-6-7-23-9-12)17(22)21(2)8-11-4-3-5-13(18)14(11)19/h3-7,9H,8H2,1-2H3. The van der Waals surface area contributed by atoms with E-state index < -0.39 is 0 Å². The van der Waals surface area contributed by atoms with Crippen molar-refractivity contribution in [1.29, 1.82) is 0 Å². The molecule has 0 aliphatic carbocycles. The minimum Gasteiger partial charge on any atom is -0.337 e. The summed E-state index contributed by atoms with van der Waals surface area (Å²) in [6, 6.07) is 7.44. The minimum atomic E-state index is -0.0671. The van der Waals surface area contributed by atoms with Crippen LogP contribution in [0.1, 0.15) is 20.9 Å². The summed E-state index contributed by atoms with van der Waals surface area (Å²) in [5.41, 5.74) is 2.61. The Balaban J connectivity index is 1.82. The lowest BCUT2D eigenvalue weighted by atomic mass is 10.2. The first-order valence-corrected chi connectivity index (χ1v) is 9.67. The van der Waals surface area contributed by atoms with E-state index in [0.717, 1.165) is 21.8 Å².